The van der Waals surface area contributed by atoms with Crippen molar-refractivity contribution in [1.82, 2.24) is 20.4 Å². The quantitative estimate of drug-likeness (QED) is 0.863. The molecule has 2 aromatic heterocycles. The number of aromatic amines is 1. The number of β-amino-alcohol motifs (C(OH)–C–C–N with tert-alkyl or cyclic N) is 1. The van der Waals surface area contributed by atoms with Crippen LogP contribution in [0, 0.1) is 5.82 Å². The summed E-state index contributed by atoms with van der Waals surface area (Å²) in [7, 11) is 0. The highest BCUT2D eigenvalue weighted by Crippen LogP contribution is 2.33. The molecule has 1 saturated heterocycles. The fourth-order valence-corrected chi connectivity index (χ4v) is 2.39. The first-order valence-corrected chi connectivity index (χ1v) is 6.11. The van der Waals surface area contributed by atoms with E-state index in [4.69, 9.17) is 11.6 Å². The third-order valence-electron chi connectivity index (χ3n) is 3.23. The average Bonchev–Trinajstić information content (AvgIpc) is 2.99. The molecule has 8 heteroatoms. The number of nitrogens with zero attached hydrogens (tertiary/aromatic N) is 4. The molecule has 0 unspecified atom stereocenters. The molecular formula is C11H11ClFN5O. The van der Waals surface area contributed by atoms with Gasteiger partial charge in [0.25, 0.3) is 0 Å². The van der Waals surface area contributed by atoms with Gasteiger partial charge in [0.05, 0.1) is 17.8 Å². The van der Waals surface area contributed by atoms with Crippen molar-refractivity contribution in [2.75, 3.05) is 18.0 Å². The lowest BCUT2D eigenvalue weighted by molar-refractivity contribution is 0.0559. The Bertz CT molecular complexity index is 593. The van der Waals surface area contributed by atoms with Crippen LogP contribution in [-0.4, -0.2) is 38.6 Å². The van der Waals surface area contributed by atoms with E-state index in [2.05, 4.69) is 20.4 Å². The van der Waals surface area contributed by atoms with Gasteiger partial charge in [-0.25, -0.2) is 9.37 Å². The monoisotopic (exact) mass is 283 g/mol. The van der Waals surface area contributed by atoms with Crippen molar-refractivity contribution >= 4 is 17.4 Å². The van der Waals surface area contributed by atoms with Gasteiger partial charge in [0.1, 0.15) is 11.3 Å². The van der Waals surface area contributed by atoms with Crippen molar-refractivity contribution in [3.8, 4) is 0 Å². The Morgan fingerprint density at radius 3 is 3.00 bits per heavy atom. The predicted octanol–water partition coefficient (Wildman–Crippen LogP) is 1.09. The molecule has 3 rings (SSSR count). The normalized spacial score (nSPS) is 23.0. The van der Waals surface area contributed by atoms with Crippen LogP contribution in [0.25, 0.3) is 0 Å². The molecule has 2 aromatic rings. The first-order valence-electron chi connectivity index (χ1n) is 5.73. The maximum atomic E-state index is 13.8. The molecule has 1 atom stereocenters. The Hall–Kier alpha value is -1.73. The summed E-state index contributed by atoms with van der Waals surface area (Å²) in [5.41, 5.74) is -0.690. The third kappa shape index (κ3) is 2.15. The molecule has 0 bridgehead atoms. The molecule has 100 valence electrons. The van der Waals surface area contributed by atoms with Crippen LogP contribution in [0.2, 0.25) is 5.02 Å². The number of hydrogen-bond donors (Lipinski definition) is 2. The number of aromatic nitrogens is 4. The van der Waals surface area contributed by atoms with E-state index in [9.17, 15) is 9.50 Å². The summed E-state index contributed by atoms with van der Waals surface area (Å²) in [6.07, 6.45) is 3.28. The second-order valence-corrected chi connectivity index (χ2v) is 4.95. The van der Waals surface area contributed by atoms with Gasteiger partial charge in [0, 0.05) is 19.2 Å². The zero-order chi connectivity index (χ0) is 13.5. The highest BCUT2D eigenvalue weighted by molar-refractivity contribution is 6.30. The highest BCUT2D eigenvalue weighted by Gasteiger charge is 2.40. The number of H-pyrrole nitrogens is 1. The van der Waals surface area contributed by atoms with Gasteiger partial charge in [-0.1, -0.05) is 11.6 Å². The summed E-state index contributed by atoms with van der Waals surface area (Å²) in [6.45, 7) is 0.694. The van der Waals surface area contributed by atoms with Gasteiger partial charge in [-0.2, -0.15) is 15.4 Å². The van der Waals surface area contributed by atoms with Crippen molar-refractivity contribution in [2.24, 2.45) is 0 Å². The molecule has 1 aliphatic rings. The molecule has 3 heterocycles. The number of rotatable bonds is 2. The van der Waals surface area contributed by atoms with Gasteiger partial charge in [0.15, 0.2) is 11.6 Å². The van der Waals surface area contributed by atoms with Gasteiger partial charge in [-0.05, 0) is 6.07 Å². The van der Waals surface area contributed by atoms with Crippen LogP contribution in [0.4, 0.5) is 10.2 Å². The van der Waals surface area contributed by atoms with E-state index in [1.165, 1.54) is 18.5 Å². The van der Waals surface area contributed by atoms with E-state index >= 15 is 0 Å². The van der Waals surface area contributed by atoms with Gasteiger partial charge >= 0.3 is 0 Å². The van der Waals surface area contributed by atoms with Crippen LogP contribution in [0.5, 0.6) is 0 Å². The van der Waals surface area contributed by atoms with E-state index in [1.807, 2.05) is 0 Å². The highest BCUT2D eigenvalue weighted by atomic mass is 35.5. The summed E-state index contributed by atoms with van der Waals surface area (Å²) in [6, 6.07) is 1.21. The van der Waals surface area contributed by atoms with Crippen LogP contribution in [-0.2, 0) is 5.60 Å². The average molecular weight is 284 g/mol. The zero-order valence-corrected chi connectivity index (χ0v) is 10.6. The van der Waals surface area contributed by atoms with E-state index in [-0.39, 0.29) is 17.4 Å². The Morgan fingerprint density at radius 1 is 1.47 bits per heavy atom. The van der Waals surface area contributed by atoms with E-state index in [0.29, 0.717) is 18.7 Å². The second-order valence-electron chi connectivity index (χ2n) is 4.52. The van der Waals surface area contributed by atoms with Crippen LogP contribution < -0.4 is 4.90 Å². The molecule has 0 saturated carbocycles. The fourth-order valence-electron chi connectivity index (χ4n) is 2.25. The van der Waals surface area contributed by atoms with Crippen LogP contribution in [0.15, 0.2) is 18.5 Å². The minimum Gasteiger partial charge on any atom is -0.381 e. The lowest BCUT2D eigenvalue weighted by Gasteiger charge is -2.21. The summed E-state index contributed by atoms with van der Waals surface area (Å²) in [5.74, 6) is -0.319. The summed E-state index contributed by atoms with van der Waals surface area (Å²) >= 11 is 5.67. The molecule has 6 nitrogen and oxygen atoms in total. The molecule has 2 N–H and O–H groups in total. The van der Waals surface area contributed by atoms with E-state index in [0.717, 1.165) is 0 Å². The molecule has 0 aliphatic carbocycles. The summed E-state index contributed by atoms with van der Waals surface area (Å²) in [4.78, 5) is 5.64. The van der Waals surface area contributed by atoms with Crippen molar-refractivity contribution in [2.45, 2.75) is 12.0 Å². The minimum atomic E-state index is -1.14. The molecule has 1 fully saturated rings. The van der Waals surface area contributed by atoms with Gasteiger partial charge in [-0.15, -0.1) is 0 Å². The Kier molecular flexibility index (Phi) is 2.87. The lowest BCUT2D eigenvalue weighted by atomic mass is 10.0. The molecule has 0 radical (unpaired) electrons. The number of anilines is 1. The van der Waals surface area contributed by atoms with Crippen LogP contribution >= 0.6 is 11.6 Å². The predicted molar refractivity (Wildman–Crippen MR) is 66.3 cm³/mol. The van der Waals surface area contributed by atoms with Crippen molar-refractivity contribution < 1.29 is 9.50 Å². The number of aliphatic hydroxyl groups is 1. The van der Waals surface area contributed by atoms with Crippen LogP contribution in [0.1, 0.15) is 12.1 Å². The molecule has 0 spiro atoms. The Balaban J connectivity index is 1.86. The van der Waals surface area contributed by atoms with Crippen molar-refractivity contribution in [3.05, 3.63) is 35.0 Å². The number of pyridine rings is 1. The minimum absolute atomic E-state index is 0.184. The number of nitrogens with one attached hydrogen (secondary N) is 1. The largest absolute Gasteiger partial charge is 0.381 e. The molecular weight excluding hydrogens is 273 g/mol. The number of hydrogen-bond acceptors (Lipinski definition) is 5. The third-order valence-corrected chi connectivity index (χ3v) is 3.43. The van der Waals surface area contributed by atoms with E-state index < -0.39 is 11.4 Å². The maximum Gasteiger partial charge on any atom is 0.167 e. The van der Waals surface area contributed by atoms with Crippen LogP contribution in [0.3, 0.4) is 0 Å². The topological polar surface area (TPSA) is 77.9 Å². The smallest absolute Gasteiger partial charge is 0.167 e. The first-order chi connectivity index (χ1) is 9.08. The molecule has 0 amide bonds. The first kappa shape index (κ1) is 12.3. The fraction of sp³-hybridized carbons (Fsp3) is 0.364. The van der Waals surface area contributed by atoms with E-state index in [1.54, 1.807) is 4.90 Å². The Labute approximate surface area is 113 Å². The molecule has 0 aromatic carbocycles. The SMILES string of the molecule is O[C@@]1(c2cn[nH]n2)CCN(c2ncc(Cl)cc2F)C1. The standard InChI is InChI=1S/C11H11ClFN5O/c12-7-3-8(13)10(14-4-7)18-2-1-11(19,6-18)9-5-15-17-16-9/h3-5,19H,1-2,6H2,(H,15,16,17)/t11-/m0/s1. The lowest BCUT2D eigenvalue weighted by Crippen LogP contribution is -2.31. The summed E-state index contributed by atoms with van der Waals surface area (Å²) in [5, 5.41) is 20.8. The van der Waals surface area contributed by atoms with Gasteiger partial charge < -0.3 is 10.0 Å². The van der Waals surface area contributed by atoms with Gasteiger partial charge in [0.2, 0.25) is 0 Å². The second kappa shape index (κ2) is 4.43. The molecule has 19 heavy (non-hydrogen) atoms. The maximum absolute atomic E-state index is 13.8. The summed E-state index contributed by atoms with van der Waals surface area (Å²) < 4.78 is 13.8. The Morgan fingerprint density at radius 2 is 2.32 bits per heavy atom. The number of halogens is 2. The molecule has 1 aliphatic heterocycles. The van der Waals surface area contributed by atoms with Gasteiger partial charge in [-0.3, -0.25) is 0 Å². The van der Waals surface area contributed by atoms with Crippen molar-refractivity contribution in [3.63, 3.8) is 0 Å². The van der Waals surface area contributed by atoms with Crippen molar-refractivity contribution in [1.29, 1.82) is 0 Å². The zero-order valence-electron chi connectivity index (χ0n) is 9.85.